The lowest BCUT2D eigenvalue weighted by atomic mass is 10.1. The lowest BCUT2D eigenvalue weighted by Crippen LogP contribution is -1.95. The molecule has 1 aromatic carbocycles. The fraction of sp³-hybridized carbons (Fsp3) is 0.333. The molecule has 0 aliphatic heterocycles. The van der Waals surface area contributed by atoms with Gasteiger partial charge in [-0.3, -0.25) is 0 Å². The van der Waals surface area contributed by atoms with Gasteiger partial charge in [0.2, 0.25) is 0 Å². The third-order valence-corrected chi connectivity index (χ3v) is 3.09. The van der Waals surface area contributed by atoms with E-state index in [4.69, 9.17) is 11.6 Å². The van der Waals surface area contributed by atoms with Crippen molar-refractivity contribution in [2.45, 2.75) is 11.8 Å². The first-order chi connectivity index (χ1) is 6.19. The van der Waals surface area contributed by atoms with Gasteiger partial charge in [-0.05, 0) is 39.5 Å². The predicted octanol–water partition coefficient (Wildman–Crippen LogP) is 4.26. The number of hydrogen-bond donors (Lipinski definition) is 0. The molecule has 0 atom stereocenters. The highest BCUT2D eigenvalue weighted by atomic mass is 79.9. The van der Waals surface area contributed by atoms with Crippen LogP contribution in [0.5, 0.6) is 0 Å². The van der Waals surface area contributed by atoms with Gasteiger partial charge in [-0.15, -0.1) is 11.6 Å². The highest BCUT2D eigenvalue weighted by Crippen LogP contribution is 2.23. The monoisotopic (exact) mass is 328 g/mol. The Morgan fingerprint density at radius 2 is 2.08 bits per heavy atom. The zero-order valence-electron chi connectivity index (χ0n) is 6.79. The largest absolute Gasteiger partial charge is 0.205 e. The van der Waals surface area contributed by atoms with Crippen molar-refractivity contribution in [1.29, 1.82) is 0 Å². The first kappa shape index (κ1) is 11.5. The van der Waals surface area contributed by atoms with E-state index in [1.165, 1.54) is 0 Å². The maximum absolute atomic E-state index is 13.4. The highest BCUT2D eigenvalue weighted by molar-refractivity contribution is 9.10. The molecule has 0 spiro atoms. The molecule has 4 heteroatoms. The standard InChI is InChI=1S/C9H8Br2ClF/c10-5-6-3-7(1-2-12)9(13)8(11)4-6/h3-4H,1-2,5H2. The Morgan fingerprint density at radius 3 is 2.62 bits per heavy atom. The van der Waals surface area contributed by atoms with Crippen molar-refractivity contribution in [2.24, 2.45) is 0 Å². The molecule has 0 amide bonds. The highest BCUT2D eigenvalue weighted by Gasteiger charge is 2.07. The molecular formula is C9H8Br2ClF. The fourth-order valence-corrected chi connectivity index (χ4v) is 2.15. The van der Waals surface area contributed by atoms with Gasteiger partial charge in [-0.2, -0.15) is 0 Å². The van der Waals surface area contributed by atoms with E-state index < -0.39 is 0 Å². The summed E-state index contributed by atoms with van der Waals surface area (Å²) in [6, 6.07) is 3.60. The quantitative estimate of drug-likeness (QED) is 0.726. The van der Waals surface area contributed by atoms with E-state index in [0.29, 0.717) is 22.3 Å². The summed E-state index contributed by atoms with van der Waals surface area (Å²) in [5.41, 5.74) is 1.72. The number of benzene rings is 1. The van der Waals surface area contributed by atoms with Crippen molar-refractivity contribution in [1.82, 2.24) is 0 Å². The van der Waals surface area contributed by atoms with Crippen molar-refractivity contribution in [3.63, 3.8) is 0 Å². The van der Waals surface area contributed by atoms with Crippen LogP contribution in [0, 0.1) is 5.82 Å². The predicted molar refractivity (Wildman–Crippen MR) is 61.2 cm³/mol. The molecule has 1 rings (SSSR count). The van der Waals surface area contributed by atoms with Crippen LogP contribution in [0.1, 0.15) is 11.1 Å². The Hall–Kier alpha value is 0.400. The Bertz CT molecular complexity index is 302. The Kier molecular flexibility index (Phi) is 4.70. The third-order valence-electron chi connectivity index (χ3n) is 1.68. The number of aryl methyl sites for hydroxylation is 1. The summed E-state index contributed by atoms with van der Waals surface area (Å²) < 4.78 is 13.9. The molecule has 0 aliphatic carbocycles. The minimum Gasteiger partial charge on any atom is -0.205 e. The van der Waals surface area contributed by atoms with E-state index in [2.05, 4.69) is 31.9 Å². The van der Waals surface area contributed by atoms with E-state index in [-0.39, 0.29) is 5.82 Å². The van der Waals surface area contributed by atoms with Crippen molar-refractivity contribution < 1.29 is 4.39 Å². The summed E-state index contributed by atoms with van der Waals surface area (Å²) in [6.45, 7) is 0. The lowest BCUT2D eigenvalue weighted by molar-refractivity contribution is 0.605. The zero-order chi connectivity index (χ0) is 9.84. The van der Waals surface area contributed by atoms with Crippen LogP contribution in [0.3, 0.4) is 0 Å². The minimum atomic E-state index is -0.203. The van der Waals surface area contributed by atoms with Crippen molar-refractivity contribution in [3.8, 4) is 0 Å². The topological polar surface area (TPSA) is 0 Å². The van der Waals surface area contributed by atoms with Crippen LogP contribution in [0.15, 0.2) is 16.6 Å². The van der Waals surface area contributed by atoms with E-state index in [0.717, 1.165) is 10.9 Å². The van der Waals surface area contributed by atoms with E-state index in [1.807, 2.05) is 6.07 Å². The molecule has 1 aromatic rings. The summed E-state index contributed by atoms with van der Waals surface area (Å²) in [7, 11) is 0. The number of halogens is 4. The minimum absolute atomic E-state index is 0.203. The van der Waals surface area contributed by atoms with E-state index >= 15 is 0 Å². The van der Waals surface area contributed by atoms with Gasteiger partial charge >= 0.3 is 0 Å². The lowest BCUT2D eigenvalue weighted by Gasteiger charge is -2.05. The molecule has 0 heterocycles. The molecule has 0 aromatic heterocycles. The molecule has 0 N–H and O–H groups in total. The van der Waals surface area contributed by atoms with Crippen LogP contribution in [0.25, 0.3) is 0 Å². The Morgan fingerprint density at radius 1 is 1.38 bits per heavy atom. The van der Waals surface area contributed by atoms with Crippen LogP contribution in [0.2, 0.25) is 0 Å². The molecule has 72 valence electrons. The first-order valence-electron chi connectivity index (χ1n) is 3.77. The number of hydrogen-bond acceptors (Lipinski definition) is 0. The molecule has 0 fully saturated rings. The SMILES string of the molecule is Fc1c(Br)cc(CBr)cc1CCCl. The zero-order valence-corrected chi connectivity index (χ0v) is 10.7. The average Bonchev–Trinajstić information content (AvgIpc) is 2.13. The maximum Gasteiger partial charge on any atom is 0.140 e. The van der Waals surface area contributed by atoms with Crippen LogP contribution in [-0.2, 0) is 11.8 Å². The summed E-state index contributed by atoms with van der Waals surface area (Å²) in [6.07, 6.45) is 0.562. The van der Waals surface area contributed by atoms with Gasteiger partial charge in [0.1, 0.15) is 5.82 Å². The Balaban J connectivity index is 3.09. The van der Waals surface area contributed by atoms with Gasteiger partial charge in [0.25, 0.3) is 0 Å². The second kappa shape index (κ2) is 5.32. The number of alkyl halides is 2. The van der Waals surface area contributed by atoms with Crippen LogP contribution in [0.4, 0.5) is 4.39 Å². The molecule has 0 unspecified atom stereocenters. The van der Waals surface area contributed by atoms with Gasteiger partial charge in [0.05, 0.1) is 4.47 Å². The maximum atomic E-state index is 13.4. The molecule has 0 saturated heterocycles. The second-order valence-corrected chi connectivity index (χ2v) is 4.42. The summed E-state index contributed by atoms with van der Waals surface area (Å²) in [5, 5.41) is 0.723. The third kappa shape index (κ3) is 2.93. The smallest absolute Gasteiger partial charge is 0.140 e. The van der Waals surface area contributed by atoms with Gasteiger partial charge in [-0.25, -0.2) is 4.39 Å². The fourth-order valence-electron chi connectivity index (χ4n) is 1.07. The molecule has 0 aliphatic rings. The van der Waals surface area contributed by atoms with Gasteiger partial charge in [0.15, 0.2) is 0 Å². The molecule has 0 saturated carbocycles. The normalized spacial score (nSPS) is 10.5. The molecule has 0 bridgehead atoms. The van der Waals surface area contributed by atoms with Gasteiger partial charge < -0.3 is 0 Å². The van der Waals surface area contributed by atoms with Crippen LogP contribution >= 0.6 is 43.5 Å². The van der Waals surface area contributed by atoms with Crippen molar-refractivity contribution >= 4 is 43.5 Å². The van der Waals surface area contributed by atoms with Crippen molar-refractivity contribution in [2.75, 3.05) is 5.88 Å². The van der Waals surface area contributed by atoms with E-state index in [9.17, 15) is 4.39 Å². The summed E-state index contributed by atoms with van der Waals surface area (Å²) in [5.74, 6) is 0.236. The summed E-state index contributed by atoms with van der Waals surface area (Å²) >= 11 is 12.1. The number of rotatable bonds is 3. The van der Waals surface area contributed by atoms with Gasteiger partial charge in [0, 0.05) is 11.2 Å². The Labute approximate surface area is 98.7 Å². The van der Waals surface area contributed by atoms with Crippen molar-refractivity contribution in [3.05, 3.63) is 33.5 Å². The molecule has 0 radical (unpaired) electrons. The molecular weight excluding hydrogens is 322 g/mol. The average molecular weight is 330 g/mol. The second-order valence-electron chi connectivity index (χ2n) is 2.62. The molecule has 0 nitrogen and oxygen atoms in total. The van der Waals surface area contributed by atoms with E-state index in [1.54, 1.807) is 6.07 Å². The van der Waals surface area contributed by atoms with Gasteiger partial charge in [-0.1, -0.05) is 22.0 Å². The summed E-state index contributed by atoms with van der Waals surface area (Å²) in [4.78, 5) is 0. The first-order valence-corrected chi connectivity index (χ1v) is 6.22. The van der Waals surface area contributed by atoms with Crippen LogP contribution < -0.4 is 0 Å². The van der Waals surface area contributed by atoms with Crippen LogP contribution in [-0.4, -0.2) is 5.88 Å². The molecule has 13 heavy (non-hydrogen) atoms.